The first-order valence-corrected chi connectivity index (χ1v) is 7.48. The highest BCUT2D eigenvalue weighted by Crippen LogP contribution is 2.41. The maximum atomic E-state index is 12.8. The molecule has 1 saturated carbocycles. The van der Waals surface area contributed by atoms with Gasteiger partial charge in [0, 0.05) is 12.5 Å². The van der Waals surface area contributed by atoms with Crippen LogP contribution >= 0.6 is 0 Å². The fourth-order valence-electron chi connectivity index (χ4n) is 3.39. The molecule has 2 rings (SSSR count). The molecule has 0 bridgehead atoms. The minimum absolute atomic E-state index is 0.00937. The average molecular weight is 269 g/mol. The van der Waals surface area contributed by atoms with Crippen LogP contribution in [-0.4, -0.2) is 47.8 Å². The van der Waals surface area contributed by atoms with E-state index in [1.54, 1.807) is 0 Å². The topological polar surface area (TPSA) is 49.8 Å². The van der Waals surface area contributed by atoms with E-state index in [-0.39, 0.29) is 36.0 Å². The molecule has 1 N–H and O–H groups in total. The number of nitrogens with zero attached hydrogens (tertiary/aromatic N) is 1. The zero-order valence-electron chi connectivity index (χ0n) is 12.4. The number of carbonyl (C=O) groups is 1. The third kappa shape index (κ3) is 3.11. The standard InChI is InChI=1S/C15H27NO3/c1-11-10-19-12(9-17)8-16(11)14(18)13-6-4-5-7-15(13,2)3/h11-13,17H,4-10H2,1-3H3. The zero-order valence-corrected chi connectivity index (χ0v) is 12.4. The van der Waals surface area contributed by atoms with Crippen molar-refractivity contribution in [3.63, 3.8) is 0 Å². The molecule has 0 spiro atoms. The van der Waals surface area contributed by atoms with Gasteiger partial charge in [-0.3, -0.25) is 4.79 Å². The molecule has 4 nitrogen and oxygen atoms in total. The number of hydrogen-bond donors (Lipinski definition) is 1. The highest BCUT2D eigenvalue weighted by atomic mass is 16.5. The van der Waals surface area contributed by atoms with Gasteiger partial charge < -0.3 is 14.7 Å². The van der Waals surface area contributed by atoms with Crippen molar-refractivity contribution in [2.75, 3.05) is 19.8 Å². The van der Waals surface area contributed by atoms with E-state index in [4.69, 9.17) is 4.74 Å². The van der Waals surface area contributed by atoms with Gasteiger partial charge in [0.2, 0.25) is 5.91 Å². The molecule has 0 aromatic carbocycles. The molecule has 1 amide bonds. The van der Waals surface area contributed by atoms with Crippen LogP contribution in [0.15, 0.2) is 0 Å². The number of amides is 1. The van der Waals surface area contributed by atoms with Crippen LogP contribution in [0, 0.1) is 11.3 Å². The van der Waals surface area contributed by atoms with E-state index in [1.807, 2.05) is 11.8 Å². The van der Waals surface area contributed by atoms with Crippen molar-refractivity contribution in [1.29, 1.82) is 0 Å². The molecule has 3 unspecified atom stereocenters. The molecule has 19 heavy (non-hydrogen) atoms. The molecule has 0 aromatic rings. The SMILES string of the molecule is CC1COC(CO)CN1C(=O)C1CCCCC1(C)C. The van der Waals surface area contributed by atoms with E-state index in [0.29, 0.717) is 13.2 Å². The van der Waals surface area contributed by atoms with E-state index in [0.717, 1.165) is 19.3 Å². The van der Waals surface area contributed by atoms with Crippen molar-refractivity contribution >= 4 is 5.91 Å². The molecule has 3 atom stereocenters. The van der Waals surface area contributed by atoms with Gasteiger partial charge >= 0.3 is 0 Å². The molecular weight excluding hydrogens is 242 g/mol. The number of hydrogen-bond acceptors (Lipinski definition) is 3. The van der Waals surface area contributed by atoms with E-state index in [9.17, 15) is 9.90 Å². The Hall–Kier alpha value is -0.610. The Bertz CT molecular complexity index is 329. The van der Waals surface area contributed by atoms with Crippen LogP contribution in [0.2, 0.25) is 0 Å². The number of carbonyl (C=O) groups excluding carboxylic acids is 1. The highest BCUT2D eigenvalue weighted by molar-refractivity contribution is 5.80. The molecule has 2 fully saturated rings. The van der Waals surface area contributed by atoms with E-state index in [1.165, 1.54) is 6.42 Å². The Morgan fingerprint density at radius 3 is 2.79 bits per heavy atom. The Morgan fingerprint density at radius 2 is 2.16 bits per heavy atom. The molecule has 0 aromatic heterocycles. The first-order valence-electron chi connectivity index (χ1n) is 7.48. The molecule has 1 aliphatic carbocycles. The van der Waals surface area contributed by atoms with Gasteiger partial charge in [0.15, 0.2) is 0 Å². The van der Waals surface area contributed by atoms with E-state index in [2.05, 4.69) is 13.8 Å². The summed E-state index contributed by atoms with van der Waals surface area (Å²) in [7, 11) is 0. The Kier molecular flexibility index (Phi) is 4.51. The smallest absolute Gasteiger partial charge is 0.226 e. The first kappa shape index (κ1) is 14.8. The van der Waals surface area contributed by atoms with Gasteiger partial charge in [-0.1, -0.05) is 26.7 Å². The lowest BCUT2D eigenvalue weighted by Gasteiger charge is -2.44. The Balaban J connectivity index is 2.08. The maximum absolute atomic E-state index is 12.8. The summed E-state index contributed by atoms with van der Waals surface area (Å²) in [6.07, 6.45) is 4.30. The molecule has 0 radical (unpaired) electrons. The molecule has 4 heteroatoms. The monoisotopic (exact) mass is 269 g/mol. The van der Waals surface area contributed by atoms with Crippen LogP contribution in [0.3, 0.4) is 0 Å². The van der Waals surface area contributed by atoms with E-state index < -0.39 is 0 Å². The zero-order chi connectivity index (χ0) is 14.0. The molecule has 110 valence electrons. The van der Waals surface area contributed by atoms with Crippen molar-refractivity contribution in [3.05, 3.63) is 0 Å². The first-order chi connectivity index (χ1) is 8.95. The second-order valence-corrected chi connectivity index (χ2v) is 6.76. The normalized spacial score (nSPS) is 35.2. The van der Waals surface area contributed by atoms with Gasteiger partial charge in [-0.15, -0.1) is 0 Å². The van der Waals surface area contributed by atoms with Crippen molar-refractivity contribution < 1.29 is 14.6 Å². The number of aliphatic hydroxyl groups excluding tert-OH is 1. The summed E-state index contributed by atoms with van der Waals surface area (Å²) in [5, 5.41) is 9.23. The van der Waals surface area contributed by atoms with Gasteiger partial charge in [-0.2, -0.15) is 0 Å². The fraction of sp³-hybridized carbons (Fsp3) is 0.933. The lowest BCUT2D eigenvalue weighted by molar-refractivity contribution is -0.155. The Labute approximate surface area is 116 Å². The van der Waals surface area contributed by atoms with Crippen LogP contribution in [-0.2, 0) is 9.53 Å². The molecule has 2 aliphatic rings. The van der Waals surface area contributed by atoms with Crippen molar-refractivity contribution in [2.45, 2.75) is 58.6 Å². The van der Waals surface area contributed by atoms with Gasteiger partial charge in [-0.25, -0.2) is 0 Å². The minimum atomic E-state index is -0.216. The fourth-order valence-corrected chi connectivity index (χ4v) is 3.39. The summed E-state index contributed by atoms with van der Waals surface area (Å²) in [6, 6.07) is 0.119. The summed E-state index contributed by atoms with van der Waals surface area (Å²) in [6.45, 7) is 7.51. The maximum Gasteiger partial charge on any atom is 0.226 e. The van der Waals surface area contributed by atoms with E-state index >= 15 is 0 Å². The summed E-state index contributed by atoms with van der Waals surface area (Å²) in [5.41, 5.74) is 0.0993. The lowest BCUT2D eigenvalue weighted by Crippen LogP contribution is -2.55. The number of rotatable bonds is 2. The summed E-state index contributed by atoms with van der Waals surface area (Å²) in [5.74, 6) is 0.389. The predicted molar refractivity (Wildman–Crippen MR) is 73.7 cm³/mol. The van der Waals surface area contributed by atoms with Gasteiger partial charge in [-0.05, 0) is 25.2 Å². The molecule has 1 saturated heterocycles. The highest BCUT2D eigenvalue weighted by Gasteiger charge is 2.41. The summed E-state index contributed by atoms with van der Waals surface area (Å²) < 4.78 is 5.52. The Morgan fingerprint density at radius 1 is 1.42 bits per heavy atom. The number of morpholine rings is 1. The second-order valence-electron chi connectivity index (χ2n) is 6.76. The van der Waals surface area contributed by atoms with Crippen molar-refractivity contribution in [1.82, 2.24) is 4.90 Å². The third-order valence-electron chi connectivity index (χ3n) is 4.80. The largest absolute Gasteiger partial charge is 0.394 e. The van der Waals surface area contributed by atoms with Crippen LogP contribution in [0.4, 0.5) is 0 Å². The summed E-state index contributed by atoms with van der Waals surface area (Å²) >= 11 is 0. The van der Waals surface area contributed by atoms with Crippen molar-refractivity contribution in [3.8, 4) is 0 Å². The van der Waals surface area contributed by atoms with Gasteiger partial charge in [0.1, 0.15) is 0 Å². The lowest BCUT2D eigenvalue weighted by atomic mass is 9.68. The number of ether oxygens (including phenoxy) is 1. The third-order valence-corrected chi connectivity index (χ3v) is 4.80. The average Bonchev–Trinajstić information content (AvgIpc) is 2.38. The molecule has 1 heterocycles. The van der Waals surface area contributed by atoms with Gasteiger partial charge in [0.25, 0.3) is 0 Å². The predicted octanol–water partition coefficient (Wildman–Crippen LogP) is 1.81. The quantitative estimate of drug-likeness (QED) is 0.832. The number of aliphatic hydroxyl groups is 1. The van der Waals surface area contributed by atoms with Crippen LogP contribution in [0.1, 0.15) is 46.5 Å². The minimum Gasteiger partial charge on any atom is -0.394 e. The molecular formula is C15H27NO3. The van der Waals surface area contributed by atoms with Crippen LogP contribution < -0.4 is 0 Å². The molecule has 1 aliphatic heterocycles. The van der Waals surface area contributed by atoms with Crippen LogP contribution in [0.25, 0.3) is 0 Å². The second kappa shape index (κ2) is 5.80. The van der Waals surface area contributed by atoms with Crippen LogP contribution in [0.5, 0.6) is 0 Å². The van der Waals surface area contributed by atoms with Gasteiger partial charge in [0.05, 0.1) is 25.4 Å². The summed E-state index contributed by atoms with van der Waals surface area (Å²) in [4.78, 5) is 14.8. The van der Waals surface area contributed by atoms with Crippen molar-refractivity contribution in [2.24, 2.45) is 11.3 Å².